The van der Waals surface area contributed by atoms with Gasteiger partial charge in [-0.3, -0.25) is 9.52 Å². The van der Waals surface area contributed by atoms with E-state index in [1.165, 1.54) is 18.2 Å². The van der Waals surface area contributed by atoms with E-state index in [1.807, 2.05) is 0 Å². The third kappa shape index (κ3) is 3.78. The number of likely N-dealkylation sites (tertiary alicyclic amines) is 1. The van der Waals surface area contributed by atoms with E-state index in [-0.39, 0.29) is 22.1 Å². The number of anilines is 1. The minimum absolute atomic E-state index is 0.0297. The molecule has 1 amide bonds. The number of H-pyrrole nitrogens is 2. The molecule has 10 nitrogen and oxygen atoms in total. The number of benzene rings is 2. The Balaban J connectivity index is 1.38. The largest absolute Gasteiger partial charge is 0.347 e. The van der Waals surface area contributed by atoms with Gasteiger partial charge in [0.05, 0.1) is 40.4 Å². The minimum atomic E-state index is -4.00. The quantitative estimate of drug-likeness (QED) is 0.544. The maximum absolute atomic E-state index is 13.2. The van der Waals surface area contributed by atoms with E-state index in [1.54, 1.807) is 29.2 Å². The number of nitrogens with one attached hydrogen (secondary N) is 3. The average molecular weight is 458 g/mol. The molecule has 3 N–H and O–H groups in total. The van der Waals surface area contributed by atoms with E-state index >= 15 is 0 Å². The van der Waals surface area contributed by atoms with E-state index in [2.05, 4.69) is 14.7 Å². The molecule has 0 radical (unpaired) electrons. The van der Waals surface area contributed by atoms with Gasteiger partial charge >= 0.3 is 5.69 Å². The summed E-state index contributed by atoms with van der Waals surface area (Å²) in [5, 5.41) is 0. The van der Waals surface area contributed by atoms with Gasteiger partial charge in [-0.05, 0) is 30.3 Å². The Labute approximate surface area is 183 Å². The maximum Gasteiger partial charge on any atom is 0.323 e. The van der Waals surface area contributed by atoms with Crippen LogP contribution in [0.2, 0.25) is 0 Å². The standard InChI is InChI=1S/C21H22N4O6S/c26-19(25-9-7-21(8-10-25)30-11-12-31-21)15-3-1-2-4-16(15)24-32(28,29)14-5-6-17-18(13-14)23-20(27)22-17/h1-6,13,24H,7-12H2,(H2,22,23,27). The van der Waals surface area contributed by atoms with Crippen molar-refractivity contribution in [2.24, 2.45) is 0 Å². The summed E-state index contributed by atoms with van der Waals surface area (Å²) < 4.78 is 39.9. The third-order valence-corrected chi connectivity index (χ3v) is 7.19. The number of aromatic amines is 2. The van der Waals surface area contributed by atoms with Gasteiger partial charge in [-0.15, -0.1) is 0 Å². The molecular weight excluding hydrogens is 436 g/mol. The summed E-state index contributed by atoms with van der Waals surface area (Å²) in [5.41, 5.74) is 0.906. The molecule has 0 saturated carbocycles. The topological polar surface area (TPSA) is 134 Å². The molecule has 168 valence electrons. The number of hydrogen-bond donors (Lipinski definition) is 3. The van der Waals surface area contributed by atoms with Gasteiger partial charge in [0.1, 0.15) is 0 Å². The first-order chi connectivity index (χ1) is 15.4. The fourth-order valence-corrected chi connectivity index (χ4v) is 5.25. The number of sulfonamides is 1. The van der Waals surface area contributed by atoms with Crippen molar-refractivity contribution in [2.45, 2.75) is 23.5 Å². The van der Waals surface area contributed by atoms with E-state index in [9.17, 15) is 18.0 Å². The van der Waals surface area contributed by atoms with Crippen LogP contribution in [-0.2, 0) is 19.5 Å². The molecule has 3 heterocycles. The van der Waals surface area contributed by atoms with Crippen molar-refractivity contribution in [1.29, 1.82) is 0 Å². The summed E-state index contributed by atoms with van der Waals surface area (Å²) in [7, 11) is -4.00. The molecule has 5 rings (SSSR count). The third-order valence-electron chi connectivity index (χ3n) is 5.83. The lowest BCUT2D eigenvalue weighted by Crippen LogP contribution is -2.47. The Hall–Kier alpha value is -3.15. The lowest BCUT2D eigenvalue weighted by molar-refractivity contribution is -0.181. The Bertz CT molecular complexity index is 1330. The van der Waals surface area contributed by atoms with E-state index < -0.39 is 21.5 Å². The van der Waals surface area contributed by atoms with Crippen molar-refractivity contribution < 1.29 is 22.7 Å². The van der Waals surface area contributed by atoms with Gasteiger partial charge in [-0.2, -0.15) is 0 Å². The van der Waals surface area contributed by atoms with Crippen LogP contribution in [0.1, 0.15) is 23.2 Å². The van der Waals surface area contributed by atoms with Crippen molar-refractivity contribution >= 4 is 32.7 Å². The molecule has 0 bridgehead atoms. The normalized spacial score (nSPS) is 18.3. The van der Waals surface area contributed by atoms with Gasteiger partial charge in [0.2, 0.25) is 0 Å². The Kier molecular flexibility index (Phi) is 5.03. The number of rotatable bonds is 4. The van der Waals surface area contributed by atoms with Gasteiger partial charge < -0.3 is 24.3 Å². The zero-order valence-electron chi connectivity index (χ0n) is 17.1. The van der Waals surface area contributed by atoms with Crippen LogP contribution in [0, 0.1) is 0 Å². The van der Waals surface area contributed by atoms with Gasteiger partial charge in [-0.1, -0.05) is 12.1 Å². The number of nitrogens with zero attached hydrogens (tertiary/aromatic N) is 1. The minimum Gasteiger partial charge on any atom is -0.347 e. The van der Waals surface area contributed by atoms with E-state index in [0.717, 1.165) is 0 Å². The lowest BCUT2D eigenvalue weighted by atomic mass is 10.0. The number of hydrogen-bond acceptors (Lipinski definition) is 6. The van der Waals surface area contributed by atoms with Crippen molar-refractivity contribution in [2.75, 3.05) is 31.0 Å². The first-order valence-electron chi connectivity index (χ1n) is 10.3. The summed E-state index contributed by atoms with van der Waals surface area (Å²) in [4.78, 5) is 31.4. The average Bonchev–Trinajstić information content (AvgIpc) is 3.39. The highest BCUT2D eigenvalue weighted by atomic mass is 32.2. The molecule has 1 spiro atoms. The zero-order chi connectivity index (χ0) is 22.3. The number of aromatic nitrogens is 2. The number of carbonyl (C=O) groups excluding carboxylic acids is 1. The van der Waals surface area contributed by atoms with Crippen molar-refractivity contribution in [3.05, 3.63) is 58.5 Å². The first-order valence-corrected chi connectivity index (χ1v) is 11.7. The fraction of sp³-hybridized carbons (Fsp3) is 0.333. The highest BCUT2D eigenvalue weighted by Crippen LogP contribution is 2.32. The van der Waals surface area contributed by atoms with Crippen molar-refractivity contribution in [1.82, 2.24) is 14.9 Å². The van der Waals surface area contributed by atoms with E-state index in [0.29, 0.717) is 50.2 Å². The number of fused-ring (bicyclic) bond motifs is 1. The number of amides is 1. The summed E-state index contributed by atoms with van der Waals surface area (Å²) in [6.45, 7) is 2.02. The van der Waals surface area contributed by atoms with Gasteiger partial charge in [0.15, 0.2) is 5.79 Å². The second-order valence-electron chi connectivity index (χ2n) is 7.84. The predicted molar refractivity (Wildman–Crippen MR) is 116 cm³/mol. The van der Waals surface area contributed by atoms with Crippen LogP contribution >= 0.6 is 0 Å². The molecule has 11 heteroatoms. The van der Waals surface area contributed by atoms with Crippen LogP contribution in [-0.4, -0.2) is 61.3 Å². The van der Waals surface area contributed by atoms with Crippen LogP contribution in [0.25, 0.3) is 11.0 Å². The predicted octanol–water partition coefficient (Wildman–Crippen LogP) is 1.64. The highest BCUT2D eigenvalue weighted by molar-refractivity contribution is 7.92. The van der Waals surface area contributed by atoms with Gasteiger partial charge in [0, 0.05) is 25.9 Å². The monoisotopic (exact) mass is 458 g/mol. The maximum atomic E-state index is 13.2. The number of ether oxygens (including phenoxy) is 2. The molecule has 1 aromatic heterocycles. The van der Waals surface area contributed by atoms with Crippen molar-refractivity contribution in [3.8, 4) is 0 Å². The SMILES string of the molecule is O=C(c1ccccc1NS(=O)(=O)c1ccc2[nH]c(=O)[nH]c2c1)N1CCC2(CC1)OCCO2. The fourth-order valence-electron chi connectivity index (χ4n) is 4.15. The number of para-hydroxylation sites is 1. The molecule has 3 aromatic rings. The molecule has 0 unspecified atom stereocenters. The van der Waals surface area contributed by atoms with Gasteiger partial charge in [0.25, 0.3) is 15.9 Å². The Morgan fingerprint density at radius 2 is 1.69 bits per heavy atom. The first kappa shape index (κ1) is 20.7. The molecule has 2 fully saturated rings. The molecule has 0 atom stereocenters. The zero-order valence-corrected chi connectivity index (χ0v) is 17.9. The summed E-state index contributed by atoms with van der Waals surface area (Å²) in [6, 6.07) is 10.8. The number of carbonyl (C=O) groups is 1. The molecule has 2 aromatic carbocycles. The van der Waals surface area contributed by atoms with Crippen LogP contribution in [0.15, 0.2) is 52.2 Å². The summed E-state index contributed by atoms with van der Waals surface area (Å²) in [6.07, 6.45) is 1.14. The summed E-state index contributed by atoms with van der Waals surface area (Å²) >= 11 is 0. The molecule has 32 heavy (non-hydrogen) atoms. The Morgan fingerprint density at radius 1 is 1.00 bits per heavy atom. The Morgan fingerprint density at radius 3 is 2.44 bits per heavy atom. The highest BCUT2D eigenvalue weighted by Gasteiger charge is 2.41. The van der Waals surface area contributed by atoms with Crippen LogP contribution in [0.4, 0.5) is 5.69 Å². The molecule has 2 aliphatic heterocycles. The lowest BCUT2D eigenvalue weighted by Gasteiger charge is -2.37. The van der Waals surface area contributed by atoms with Crippen LogP contribution < -0.4 is 10.4 Å². The van der Waals surface area contributed by atoms with Crippen molar-refractivity contribution in [3.63, 3.8) is 0 Å². The molecular formula is C21H22N4O6S. The van der Waals surface area contributed by atoms with Crippen LogP contribution in [0.3, 0.4) is 0 Å². The molecule has 2 saturated heterocycles. The van der Waals surface area contributed by atoms with E-state index in [4.69, 9.17) is 9.47 Å². The molecule has 2 aliphatic rings. The second kappa shape index (κ2) is 7.76. The van der Waals surface area contributed by atoms with Crippen LogP contribution in [0.5, 0.6) is 0 Å². The second-order valence-corrected chi connectivity index (χ2v) is 9.52. The smallest absolute Gasteiger partial charge is 0.323 e. The van der Waals surface area contributed by atoms with Gasteiger partial charge in [-0.25, -0.2) is 13.2 Å². The number of imidazole rings is 1. The summed E-state index contributed by atoms with van der Waals surface area (Å²) in [5.74, 6) is -0.864. The molecule has 0 aliphatic carbocycles. The number of piperidine rings is 1.